The highest BCUT2D eigenvalue weighted by Crippen LogP contribution is 2.41. The Kier molecular flexibility index (Phi) is 5.17. The fraction of sp³-hybridized carbons (Fsp3) is 0.889. The SMILES string of the molecule is CC(C)(C)OC(=O)N1CCC2(CC1)CCN(C(=O)C(C)(C)F)CC2. The van der Waals surface area contributed by atoms with Gasteiger partial charge in [-0.05, 0) is 65.7 Å². The fourth-order valence-corrected chi connectivity index (χ4v) is 3.55. The van der Waals surface area contributed by atoms with Crippen LogP contribution in [0.4, 0.5) is 9.18 Å². The molecule has 5 nitrogen and oxygen atoms in total. The zero-order valence-corrected chi connectivity index (χ0v) is 15.7. The van der Waals surface area contributed by atoms with Crippen LogP contribution in [0.2, 0.25) is 0 Å². The Labute approximate surface area is 144 Å². The molecule has 0 N–H and O–H groups in total. The number of hydrogen-bond donors (Lipinski definition) is 0. The van der Waals surface area contributed by atoms with Gasteiger partial charge in [-0.3, -0.25) is 4.79 Å². The summed E-state index contributed by atoms with van der Waals surface area (Å²) in [5, 5.41) is 0. The number of carbonyl (C=O) groups is 2. The summed E-state index contributed by atoms with van der Waals surface area (Å²) < 4.78 is 19.3. The minimum Gasteiger partial charge on any atom is -0.444 e. The van der Waals surface area contributed by atoms with E-state index in [2.05, 4.69) is 0 Å². The predicted molar refractivity (Wildman–Crippen MR) is 90.5 cm³/mol. The van der Waals surface area contributed by atoms with E-state index >= 15 is 0 Å². The van der Waals surface area contributed by atoms with Gasteiger partial charge in [-0.1, -0.05) is 0 Å². The molecule has 0 aromatic heterocycles. The molecule has 0 aromatic rings. The maximum Gasteiger partial charge on any atom is 0.410 e. The molecule has 2 heterocycles. The number of rotatable bonds is 1. The summed E-state index contributed by atoms with van der Waals surface area (Å²) in [7, 11) is 0. The van der Waals surface area contributed by atoms with Crippen LogP contribution in [-0.2, 0) is 9.53 Å². The third-order valence-electron chi connectivity index (χ3n) is 5.10. The summed E-state index contributed by atoms with van der Waals surface area (Å²) in [4.78, 5) is 27.6. The van der Waals surface area contributed by atoms with E-state index in [4.69, 9.17) is 4.74 Å². The van der Waals surface area contributed by atoms with Crippen LogP contribution in [0.3, 0.4) is 0 Å². The van der Waals surface area contributed by atoms with E-state index in [1.165, 1.54) is 13.8 Å². The maximum atomic E-state index is 13.8. The van der Waals surface area contributed by atoms with E-state index in [1.807, 2.05) is 20.8 Å². The second-order valence-corrected chi connectivity index (χ2v) is 8.73. The third-order valence-corrected chi connectivity index (χ3v) is 5.10. The maximum absolute atomic E-state index is 13.8. The van der Waals surface area contributed by atoms with Crippen molar-refractivity contribution in [3.05, 3.63) is 0 Å². The van der Waals surface area contributed by atoms with Crippen molar-refractivity contribution in [2.24, 2.45) is 5.41 Å². The molecule has 2 saturated heterocycles. The number of hydrogen-bond acceptors (Lipinski definition) is 3. The lowest BCUT2D eigenvalue weighted by atomic mass is 9.71. The van der Waals surface area contributed by atoms with Gasteiger partial charge in [0.1, 0.15) is 5.60 Å². The van der Waals surface area contributed by atoms with Gasteiger partial charge in [-0.2, -0.15) is 0 Å². The molecule has 0 saturated carbocycles. The quantitative estimate of drug-likeness (QED) is 0.734. The molecule has 2 rings (SSSR count). The molecule has 0 bridgehead atoms. The van der Waals surface area contributed by atoms with Gasteiger partial charge in [-0.25, -0.2) is 9.18 Å². The average Bonchev–Trinajstić information content (AvgIpc) is 2.45. The number of halogens is 1. The number of ether oxygens (including phenoxy) is 1. The van der Waals surface area contributed by atoms with Gasteiger partial charge < -0.3 is 14.5 Å². The van der Waals surface area contributed by atoms with Crippen LogP contribution in [0.15, 0.2) is 0 Å². The van der Waals surface area contributed by atoms with Gasteiger partial charge in [0.25, 0.3) is 5.91 Å². The first kappa shape index (κ1) is 19.0. The predicted octanol–water partition coefficient (Wildman–Crippen LogP) is 3.37. The first-order chi connectivity index (χ1) is 10.9. The van der Waals surface area contributed by atoms with Crippen LogP contribution in [0.5, 0.6) is 0 Å². The zero-order valence-electron chi connectivity index (χ0n) is 15.7. The van der Waals surface area contributed by atoms with E-state index in [0.717, 1.165) is 25.7 Å². The van der Waals surface area contributed by atoms with Crippen molar-refractivity contribution in [1.82, 2.24) is 9.80 Å². The van der Waals surface area contributed by atoms with Crippen LogP contribution in [0, 0.1) is 5.41 Å². The second kappa shape index (κ2) is 6.52. The van der Waals surface area contributed by atoms with E-state index in [1.54, 1.807) is 9.80 Å². The highest BCUT2D eigenvalue weighted by Gasteiger charge is 2.42. The molecule has 0 atom stereocenters. The lowest BCUT2D eigenvalue weighted by Gasteiger charge is -2.47. The van der Waals surface area contributed by atoms with Gasteiger partial charge in [-0.15, -0.1) is 0 Å². The second-order valence-electron chi connectivity index (χ2n) is 8.73. The van der Waals surface area contributed by atoms with Crippen LogP contribution in [0.25, 0.3) is 0 Å². The first-order valence-corrected chi connectivity index (χ1v) is 8.88. The van der Waals surface area contributed by atoms with Crippen LogP contribution in [0.1, 0.15) is 60.3 Å². The Morgan fingerprint density at radius 2 is 1.29 bits per heavy atom. The van der Waals surface area contributed by atoms with Gasteiger partial charge in [0, 0.05) is 26.2 Å². The normalized spacial score (nSPS) is 21.8. The number of carbonyl (C=O) groups excluding carboxylic acids is 2. The van der Waals surface area contributed by atoms with E-state index in [9.17, 15) is 14.0 Å². The average molecular weight is 342 g/mol. The van der Waals surface area contributed by atoms with Crippen LogP contribution in [-0.4, -0.2) is 59.2 Å². The lowest BCUT2D eigenvalue weighted by Crippen LogP contribution is -2.52. The van der Waals surface area contributed by atoms with Crippen LogP contribution < -0.4 is 0 Å². The van der Waals surface area contributed by atoms with E-state index in [-0.39, 0.29) is 11.5 Å². The summed E-state index contributed by atoms with van der Waals surface area (Å²) in [6.07, 6.45) is 3.37. The summed E-state index contributed by atoms with van der Waals surface area (Å²) in [5.74, 6) is -0.413. The van der Waals surface area contributed by atoms with E-state index < -0.39 is 17.2 Å². The number of likely N-dealkylation sites (tertiary alicyclic amines) is 2. The van der Waals surface area contributed by atoms with E-state index in [0.29, 0.717) is 26.2 Å². The lowest BCUT2D eigenvalue weighted by molar-refractivity contribution is -0.144. The highest BCUT2D eigenvalue weighted by molar-refractivity contribution is 5.84. The van der Waals surface area contributed by atoms with Crippen molar-refractivity contribution < 1.29 is 18.7 Å². The molecular formula is C18H31FN2O3. The molecule has 2 fully saturated rings. The molecule has 24 heavy (non-hydrogen) atoms. The summed E-state index contributed by atoms with van der Waals surface area (Å²) in [6, 6.07) is 0. The standard InChI is InChI=1S/C18H31FN2O3/c1-16(2,3)24-15(23)21-12-8-18(9-13-21)6-10-20(11-7-18)14(22)17(4,5)19/h6-13H2,1-5H3. The van der Waals surface area contributed by atoms with Crippen molar-refractivity contribution in [3.8, 4) is 0 Å². The number of alkyl halides is 1. The zero-order chi connectivity index (χ0) is 18.2. The van der Waals surface area contributed by atoms with Gasteiger partial charge in [0.05, 0.1) is 0 Å². The van der Waals surface area contributed by atoms with Crippen molar-refractivity contribution in [2.75, 3.05) is 26.2 Å². The molecule has 2 aliphatic rings. The largest absolute Gasteiger partial charge is 0.444 e. The molecule has 0 unspecified atom stereocenters. The highest BCUT2D eigenvalue weighted by atomic mass is 19.1. The van der Waals surface area contributed by atoms with Crippen molar-refractivity contribution in [2.45, 2.75) is 71.6 Å². The molecule has 6 heteroatoms. The Hall–Kier alpha value is -1.33. The topological polar surface area (TPSA) is 49.9 Å². The van der Waals surface area contributed by atoms with Gasteiger partial charge >= 0.3 is 6.09 Å². The third kappa shape index (κ3) is 4.61. The molecule has 138 valence electrons. The minimum absolute atomic E-state index is 0.176. The Morgan fingerprint density at radius 3 is 1.67 bits per heavy atom. The number of piperidine rings is 2. The summed E-state index contributed by atoms with van der Waals surface area (Å²) in [6.45, 7) is 10.9. The molecule has 0 radical (unpaired) electrons. The molecular weight excluding hydrogens is 311 g/mol. The van der Waals surface area contributed by atoms with Gasteiger partial charge in [0.15, 0.2) is 5.67 Å². The van der Waals surface area contributed by atoms with Crippen molar-refractivity contribution in [3.63, 3.8) is 0 Å². The van der Waals surface area contributed by atoms with Crippen LogP contribution >= 0.6 is 0 Å². The fourth-order valence-electron chi connectivity index (χ4n) is 3.55. The summed E-state index contributed by atoms with van der Waals surface area (Å²) in [5.41, 5.74) is -2.10. The Morgan fingerprint density at radius 1 is 0.875 bits per heavy atom. The smallest absolute Gasteiger partial charge is 0.410 e. The Balaban J connectivity index is 1.85. The molecule has 2 aliphatic heterocycles. The molecule has 0 aromatic carbocycles. The van der Waals surface area contributed by atoms with Crippen molar-refractivity contribution in [1.29, 1.82) is 0 Å². The molecule has 0 aliphatic carbocycles. The summed E-state index contributed by atoms with van der Waals surface area (Å²) >= 11 is 0. The first-order valence-electron chi connectivity index (χ1n) is 8.88. The van der Waals surface area contributed by atoms with Crippen molar-refractivity contribution >= 4 is 12.0 Å². The number of nitrogens with zero attached hydrogens (tertiary/aromatic N) is 2. The molecule has 2 amide bonds. The van der Waals surface area contributed by atoms with Gasteiger partial charge in [0.2, 0.25) is 0 Å². The Bertz CT molecular complexity index is 475. The number of amides is 2. The minimum atomic E-state index is -1.80. The molecule has 1 spiro atoms. The monoisotopic (exact) mass is 342 g/mol.